The van der Waals surface area contributed by atoms with E-state index in [0.29, 0.717) is 35.5 Å². The van der Waals surface area contributed by atoms with Gasteiger partial charge in [-0.05, 0) is 35.4 Å². The van der Waals surface area contributed by atoms with Crippen LogP contribution >= 0.6 is 0 Å². The third-order valence-electron chi connectivity index (χ3n) is 6.61. The Morgan fingerprint density at radius 2 is 1.92 bits per heavy atom. The van der Waals surface area contributed by atoms with Crippen molar-refractivity contribution in [2.75, 3.05) is 13.1 Å². The smallest absolute Gasteiger partial charge is 0.406 e. The summed E-state index contributed by atoms with van der Waals surface area (Å²) in [6, 6.07) is 11.9. The lowest BCUT2D eigenvalue weighted by Gasteiger charge is -2.52. The van der Waals surface area contributed by atoms with Gasteiger partial charge in [-0.2, -0.15) is 4.98 Å². The molecule has 0 spiro atoms. The number of carbonyl (C=O) groups excluding carboxylic acids is 1. The molecule has 0 radical (unpaired) electrons. The van der Waals surface area contributed by atoms with Gasteiger partial charge in [0.1, 0.15) is 11.4 Å². The molecule has 4 aromatic rings. The molecule has 202 valence electrons. The number of nitrogens with zero attached hydrogens (tertiary/aromatic N) is 4. The van der Waals surface area contributed by atoms with Crippen molar-refractivity contribution in [1.82, 2.24) is 30.7 Å². The van der Waals surface area contributed by atoms with E-state index in [9.17, 15) is 23.1 Å². The summed E-state index contributed by atoms with van der Waals surface area (Å²) < 4.78 is 47.2. The number of benzene rings is 2. The monoisotopic (exact) mass is 540 g/mol. The number of amides is 1. The predicted octanol–water partition coefficient (Wildman–Crippen LogP) is 3.20. The number of nitrogens with one attached hydrogen (secondary N) is 2. The summed E-state index contributed by atoms with van der Waals surface area (Å²) in [7, 11) is 0. The van der Waals surface area contributed by atoms with Crippen LogP contribution in [-0.4, -0.2) is 50.6 Å². The zero-order valence-corrected chi connectivity index (χ0v) is 20.6. The quantitative estimate of drug-likeness (QED) is 0.308. The lowest BCUT2D eigenvalue weighted by molar-refractivity contribution is -0.274. The molecule has 10 nitrogen and oxygen atoms in total. The van der Waals surface area contributed by atoms with Crippen LogP contribution in [0.2, 0.25) is 0 Å². The summed E-state index contributed by atoms with van der Waals surface area (Å²) in [5.74, 6) is -1.10. The summed E-state index contributed by atoms with van der Waals surface area (Å²) >= 11 is 0. The molecule has 39 heavy (non-hydrogen) atoms. The maximum absolute atomic E-state index is 12.6. The lowest BCUT2D eigenvalue weighted by Crippen LogP contribution is -2.63. The van der Waals surface area contributed by atoms with Crippen molar-refractivity contribution in [3.63, 3.8) is 0 Å². The van der Waals surface area contributed by atoms with Crippen LogP contribution in [0.15, 0.2) is 71.6 Å². The second-order valence-electron chi connectivity index (χ2n) is 9.33. The Morgan fingerprint density at radius 3 is 2.56 bits per heavy atom. The zero-order valence-electron chi connectivity index (χ0n) is 20.6. The molecule has 0 aliphatic carbocycles. The third kappa shape index (κ3) is 5.31. The first-order valence-corrected chi connectivity index (χ1v) is 11.8. The predicted molar refractivity (Wildman–Crippen MR) is 130 cm³/mol. The van der Waals surface area contributed by atoms with E-state index in [1.807, 2.05) is 6.92 Å². The molecule has 1 atom stereocenters. The molecule has 1 saturated heterocycles. The van der Waals surface area contributed by atoms with E-state index in [1.54, 1.807) is 24.3 Å². The summed E-state index contributed by atoms with van der Waals surface area (Å²) in [5, 5.41) is 21.7. The van der Waals surface area contributed by atoms with Crippen LogP contribution in [0.4, 0.5) is 13.2 Å². The van der Waals surface area contributed by atoms with E-state index in [1.165, 1.54) is 30.7 Å². The summed E-state index contributed by atoms with van der Waals surface area (Å²) in [6.07, 6.45) is -0.285. The fourth-order valence-electron chi connectivity index (χ4n) is 4.50. The topological polar surface area (TPSA) is 135 Å². The summed E-state index contributed by atoms with van der Waals surface area (Å²) in [5.41, 5.74) is -0.439. The van der Waals surface area contributed by atoms with Gasteiger partial charge in [-0.25, -0.2) is 0 Å². The van der Waals surface area contributed by atoms with Crippen LogP contribution in [0.5, 0.6) is 5.75 Å². The number of hydrogen-bond acceptors (Lipinski definition) is 9. The number of hydrogen-bond donors (Lipinski definition) is 3. The Balaban J connectivity index is 1.42. The molecular formula is C26H23F3N6O4. The van der Waals surface area contributed by atoms with Crippen LogP contribution in [0.25, 0.3) is 11.5 Å². The number of ether oxygens (including phenoxy) is 1. The second kappa shape index (κ2) is 10.1. The number of alkyl halides is 3. The molecule has 13 heteroatoms. The molecule has 1 aliphatic rings. The molecule has 3 N–H and O–H groups in total. The normalized spacial score (nSPS) is 16.1. The SMILES string of the molecule is CC1([C@](O)(c2ccc(OC(F)(F)F)cc2)c2cccc(-c3nc(C(=O)NCc4cnccn4)no3)c2)CNC1. The lowest BCUT2D eigenvalue weighted by atomic mass is 9.62. The standard InChI is InChI=1S/C26H23F3N6O4/c1-24(14-31-15-24)25(37,17-5-7-20(8-6-17)38-26(27,28)29)18-4-2-3-16(11-18)23-34-21(35-39-23)22(36)33-13-19-12-30-9-10-32-19/h2-12,31,37H,13-15H2,1H3,(H,33,36)/t25-/m0/s1. The summed E-state index contributed by atoms with van der Waals surface area (Å²) in [6.45, 7) is 2.93. The van der Waals surface area contributed by atoms with Crippen molar-refractivity contribution in [3.8, 4) is 17.2 Å². The molecule has 0 unspecified atom stereocenters. The maximum Gasteiger partial charge on any atom is 0.573 e. The molecule has 3 heterocycles. The van der Waals surface area contributed by atoms with E-state index in [-0.39, 0.29) is 18.3 Å². The molecule has 0 bridgehead atoms. The Labute approximate surface area is 220 Å². The first-order valence-electron chi connectivity index (χ1n) is 11.8. The molecular weight excluding hydrogens is 517 g/mol. The van der Waals surface area contributed by atoms with Gasteiger partial charge in [-0.15, -0.1) is 13.2 Å². The minimum atomic E-state index is -4.83. The molecule has 1 fully saturated rings. The first-order chi connectivity index (χ1) is 18.6. The van der Waals surface area contributed by atoms with Crippen LogP contribution in [0.1, 0.15) is 34.4 Å². The molecule has 2 aromatic heterocycles. The zero-order chi connectivity index (χ0) is 27.7. The fraction of sp³-hybridized carbons (Fsp3) is 0.269. The average Bonchev–Trinajstić information content (AvgIpc) is 3.41. The van der Waals surface area contributed by atoms with Gasteiger partial charge < -0.3 is 25.0 Å². The summed E-state index contributed by atoms with van der Waals surface area (Å²) in [4.78, 5) is 24.7. The van der Waals surface area contributed by atoms with E-state index in [4.69, 9.17) is 4.52 Å². The van der Waals surface area contributed by atoms with Gasteiger partial charge in [-0.3, -0.25) is 14.8 Å². The molecule has 5 rings (SSSR count). The second-order valence-corrected chi connectivity index (χ2v) is 9.33. The highest BCUT2D eigenvalue weighted by Gasteiger charge is 2.53. The van der Waals surface area contributed by atoms with Crippen LogP contribution in [0, 0.1) is 5.41 Å². The number of halogens is 3. The van der Waals surface area contributed by atoms with Gasteiger partial charge >= 0.3 is 6.36 Å². The van der Waals surface area contributed by atoms with Crippen LogP contribution < -0.4 is 15.4 Å². The van der Waals surface area contributed by atoms with E-state index in [0.717, 1.165) is 12.1 Å². The third-order valence-corrected chi connectivity index (χ3v) is 6.61. The Hall–Kier alpha value is -4.36. The van der Waals surface area contributed by atoms with Crippen molar-refractivity contribution in [3.05, 3.63) is 89.8 Å². The first kappa shape index (κ1) is 26.3. The highest BCUT2D eigenvalue weighted by atomic mass is 19.4. The fourth-order valence-corrected chi connectivity index (χ4v) is 4.50. The van der Waals surface area contributed by atoms with E-state index >= 15 is 0 Å². The Kier molecular flexibility index (Phi) is 6.78. The van der Waals surface area contributed by atoms with Crippen molar-refractivity contribution in [2.45, 2.75) is 25.4 Å². The van der Waals surface area contributed by atoms with Crippen molar-refractivity contribution in [1.29, 1.82) is 0 Å². The molecule has 0 saturated carbocycles. The number of carbonyl (C=O) groups is 1. The highest BCUT2D eigenvalue weighted by Crippen LogP contribution is 2.48. The molecule has 1 amide bonds. The van der Waals surface area contributed by atoms with Crippen molar-refractivity contribution in [2.24, 2.45) is 5.41 Å². The van der Waals surface area contributed by atoms with E-state index in [2.05, 4.69) is 35.5 Å². The number of aliphatic hydroxyl groups is 1. The Bertz CT molecular complexity index is 1460. The molecule has 2 aromatic carbocycles. The Morgan fingerprint density at radius 1 is 1.15 bits per heavy atom. The van der Waals surface area contributed by atoms with Crippen molar-refractivity contribution >= 4 is 5.91 Å². The van der Waals surface area contributed by atoms with Crippen molar-refractivity contribution < 1.29 is 32.3 Å². The highest BCUT2D eigenvalue weighted by molar-refractivity contribution is 5.90. The van der Waals surface area contributed by atoms with Gasteiger partial charge in [0.25, 0.3) is 17.6 Å². The van der Waals surface area contributed by atoms with Gasteiger partial charge in [0.05, 0.1) is 18.4 Å². The van der Waals surface area contributed by atoms with Gasteiger partial charge in [-0.1, -0.05) is 36.3 Å². The largest absolute Gasteiger partial charge is 0.573 e. The van der Waals surface area contributed by atoms with Gasteiger partial charge in [0.15, 0.2) is 0 Å². The number of aromatic nitrogens is 4. The van der Waals surface area contributed by atoms with E-state index < -0.39 is 29.0 Å². The van der Waals surface area contributed by atoms with Crippen LogP contribution in [-0.2, 0) is 12.1 Å². The average molecular weight is 541 g/mol. The van der Waals surface area contributed by atoms with Gasteiger partial charge in [0, 0.05) is 36.5 Å². The minimum absolute atomic E-state index is 0.0506. The molecule has 1 aliphatic heterocycles. The minimum Gasteiger partial charge on any atom is -0.406 e. The van der Waals surface area contributed by atoms with Crippen LogP contribution in [0.3, 0.4) is 0 Å². The maximum atomic E-state index is 12.6. The number of rotatable bonds is 8. The van der Waals surface area contributed by atoms with Gasteiger partial charge in [0.2, 0.25) is 0 Å².